The van der Waals surface area contributed by atoms with Gasteiger partial charge in [0.15, 0.2) is 0 Å². The molecule has 0 aliphatic carbocycles. The van der Waals surface area contributed by atoms with Gasteiger partial charge in [0, 0.05) is 25.5 Å². The number of imidazole rings is 1. The Kier molecular flexibility index (Phi) is 5.79. The van der Waals surface area contributed by atoms with E-state index in [-0.39, 0.29) is 35.2 Å². The average molecular weight is 450 g/mol. The predicted octanol–water partition coefficient (Wildman–Crippen LogP) is 2.67. The van der Waals surface area contributed by atoms with Gasteiger partial charge in [-0.2, -0.15) is 4.31 Å². The van der Waals surface area contributed by atoms with E-state index in [9.17, 15) is 13.2 Å². The summed E-state index contributed by atoms with van der Waals surface area (Å²) in [5.74, 6) is -0.715. The molecule has 0 spiro atoms. The van der Waals surface area contributed by atoms with Gasteiger partial charge in [-0.1, -0.05) is 17.7 Å². The number of sulfonamides is 1. The molecule has 0 N–H and O–H groups in total. The molecule has 0 atom stereocenters. The van der Waals surface area contributed by atoms with Crippen molar-refractivity contribution in [1.29, 1.82) is 0 Å². The van der Waals surface area contributed by atoms with Crippen LogP contribution < -0.4 is 0 Å². The molecular weight excluding hydrogens is 430 g/mol. The summed E-state index contributed by atoms with van der Waals surface area (Å²) in [5, 5.41) is 0.117. The second kappa shape index (κ2) is 8.35. The molecule has 0 amide bonds. The van der Waals surface area contributed by atoms with E-state index in [0.29, 0.717) is 18.9 Å². The molecule has 0 radical (unpaired) electrons. The van der Waals surface area contributed by atoms with Gasteiger partial charge in [0.2, 0.25) is 10.0 Å². The van der Waals surface area contributed by atoms with Gasteiger partial charge in [0.1, 0.15) is 12.3 Å². The number of fused-ring (bicyclic) bond motifs is 1. The zero-order valence-corrected chi connectivity index (χ0v) is 17.8. The Hall–Kier alpha value is -2.46. The fraction of sp³-hybridized carbons (Fsp3) is 0.300. The Labute approximate surface area is 179 Å². The standard InChI is InChI=1S/C20H20ClN3O5S/c1-14-3-2-6-23-12-15(22-19(14)23)13-29-20(25)17-11-16(4-5-18(17)21)30(26,27)24-7-9-28-10-8-24/h2-6,11-12H,7-10,13H2,1H3. The molecule has 0 saturated carbocycles. The molecule has 1 aliphatic rings. The number of hydrogen-bond donors (Lipinski definition) is 0. The minimum absolute atomic E-state index is 0.00838. The monoisotopic (exact) mass is 449 g/mol. The first-order valence-electron chi connectivity index (χ1n) is 9.34. The molecule has 3 heterocycles. The van der Waals surface area contributed by atoms with Gasteiger partial charge in [-0.05, 0) is 36.8 Å². The summed E-state index contributed by atoms with van der Waals surface area (Å²) in [6, 6.07) is 7.87. The van der Waals surface area contributed by atoms with Gasteiger partial charge in [0.25, 0.3) is 0 Å². The lowest BCUT2D eigenvalue weighted by molar-refractivity contribution is 0.0468. The van der Waals surface area contributed by atoms with E-state index in [1.54, 1.807) is 6.20 Å². The number of nitrogens with zero attached hydrogens (tertiary/aromatic N) is 3. The summed E-state index contributed by atoms with van der Waals surface area (Å²) in [7, 11) is -3.75. The highest BCUT2D eigenvalue weighted by molar-refractivity contribution is 7.89. The van der Waals surface area contributed by atoms with Crippen LogP contribution in [-0.2, 0) is 26.1 Å². The molecule has 0 bridgehead atoms. The molecule has 0 unspecified atom stereocenters. The summed E-state index contributed by atoms with van der Waals surface area (Å²) in [6.45, 7) is 3.07. The molecule has 10 heteroatoms. The lowest BCUT2D eigenvalue weighted by Gasteiger charge is -2.26. The van der Waals surface area contributed by atoms with Gasteiger partial charge in [-0.15, -0.1) is 0 Å². The molecule has 1 saturated heterocycles. The Balaban J connectivity index is 1.53. The molecule has 158 valence electrons. The number of carbonyl (C=O) groups excluding carboxylic acids is 1. The number of aryl methyl sites for hydroxylation is 1. The zero-order valence-electron chi connectivity index (χ0n) is 16.2. The topological polar surface area (TPSA) is 90.2 Å². The van der Waals surface area contributed by atoms with Gasteiger partial charge in [-0.3, -0.25) is 0 Å². The number of ether oxygens (including phenoxy) is 2. The van der Waals surface area contributed by atoms with Crippen LogP contribution in [-0.4, -0.2) is 54.4 Å². The molecule has 1 aromatic carbocycles. The van der Waals surface area contributed by atoms with E-state index in [4.69, 9.17) is 21.1 Å². The third-order valence-electron chi connectivity index (χ3n) is 4.84. The minimum Gasteiger partial charge on any atom is -0.455 e. The summed E-state index contributed by atoms with van der Waals surface area (Å²) < 4.78 is 39.4. The smallest absolute Gasteiger partial charge is 0.340 e. The van der Waals surface area contributed by atoms with E-state index < -0.39 is 16.0 Å². The first-order valence-corrected chi connectivity index (χ1v) is 11.2. The van der Waals surface area contributed by atoms with Crippen LogP contribution in [0.4, 0.5) is 0 Å². The molecule has 4 rings (SSSR count). The van der Waals surface area contributed by atoms with Gasteiger partial charge >= 0.3 is 5.97 Å². The fourth-order valence-electron chi connectivity index (χ4n) is 3.25. The molecule has 3 aromatic rings. The number of benzene rings is 1. The van der Waals surface area contributed by atoms with Gasteiger partial charge in [0.05, 0.1) is 34.4 Å². The van der Waals surface area contributed by atoms with Crippen LogP contribution in [0.2, 0.25) is 5.02 Å². The van der Waals surface area contributed by atoms with E-state index in [2.05, 4.69) is 4.98 Å². The highest BCUT2D eigenvalue weighted by Gasteiger charge is 2.28. The summed E-state index contributed by atoms with van der Waals surface area (Å²) in [6.07, 6.45) is 3.63. The average Bonchev–Trinajstić information content (AvgIpc) is 3.17. The highest BCUT2D eigenvalue weighted by Crippen LogP contribution is 2.24. The molecule has 2 aromatic heterocycles. The van der Waals surface area contributed by atoms with Crippen molar-refractivity contribution >= 4 is 33.2 Å². The third-order valence-corrected chi connectivity index (χ3v) is 7.07. The van der Waals surface area contributed by atoms with Crippen molar-refractivity contribution in [2.24, 2.45) is 0 Å². The van der Waals surface area contributed by atoms with Crippen LogP contribution in [0.5, 0.6) is 0 Å². The van der Waals surface area contributed by atoms with Crippen molar-refractivity contribution in [1.82, 2.24) is 13.7 Å². The SMILES string of the molecule is Cc1cccn2cc(COC(=O)c3cc(S(=O)(=O)N4CCOCC4)ccc3Cl)nc12. The Bertz CT molecular complexity index is 1200. The van der Waals surface area contributed by atoms with Crippen LogP contribution in [0.15, 0.2) is 47.6 Å². The van der Waals surface area contributed by atoms with Crippen molar-refractivity contribution in [3.63, 3.8) is 0 Å². The summed E-state index contributed by atoms with van der Waals surface area (Å²) >= 11 is 6.14. The van der Waals surface area contributed by atoms with Crippen molar-refractivity contribution < 1.29 is 22.7 Å². The van der Waals surface area contributed by atoms with Gasteiger partial charge < -0.3 is 13.9 Å². The first-order chi connectivity index (χ1) is 14.4. The minimum atomic E-state index is -3.75. The van der Waals surface area contributed by atoms with Crippen LogP contribution in [0.1, 0.15) is 21.6 Å². The predicted molar refractivity (Wildman–Crippen MR) is 110 cm³/mol. The molecule has 1 fully saturated rings. The van der Waals surface area contributed by atoms with E-state index in [0.717, 1.165) is 11.2 Å². The normalized spacial score (nSPS) is 15.4. The summed E-state index contributed by atoms with van der Waals surface area (Å²) in [4.78, 5) is 17.1. The zero-order chi connectivity index (χ0) is 21.3. The van der Waals surface area contributed by atoms with Crippen molar-refractivity contribution in [2.45, 2.75) is 18.4 Å². The van der Waals surface area contributed by atoms with Crippen LogP contribution in [0.25, 0.3) is 5.65 Å². The number of halogens is 1. The third kappa shape index (κ3) is 4.06. The maximum Gasteiger partial charge on any atom is 0.340 e. The number of aromatic nitrogens is 2. The Morgan fingerprint density at radius 2 is 2.03 bits per heavy atom. The second-order valence-electron chi connectivity index (χ2n) is 6.89. The van der Waals surface area contributed by atoms with Crippen molar-refractivity contribution in [3.8, 4) is 0 Å². The molecular formula is C20H20ClN3O5S. The number of esters is 1. The Morgan fingerprint density at radius 1 is 1.27 bits per heavy atom. The number of morpholine rings is 1. The first kappa shape index (κ1) is 20.8. The number of pyridine rings is 1. The maximum atomic E-state index is 12.8. The van der Waals surface area contributed by atoms with Crippen LogP contribution in [0, 0.1) is 6.92 Å². The lowest BCUT2D eigenvalue weighted by Crippen LogP contribution is -2.40. The molecule has 30 heavy (non-hydrogen) atoms. The second-order valence-corrected chi connectivity index (χ2v) is 9.23. The number of rotatable bonds is 5. The molecule has 1 aliphatic heterocycles. The van der Waals surface area contributed by atoms with Crippen LogP contribution in [0.3, 0.4) is 0 Å². The quantitative estimate of drug-likeness (QED) is 0.556. The summed E-state index contributed by atoms with van der Waals surface area (Å²) in [5.41, 5.74) is 2.34. The number of carbonyl (C=O) groups is 1. The Morgan fingerprint density at radius 3 is 2.77 bits per heavy atom. The molecule has 8 nitrogen and oxygen atoms in total. The van der Waals surface area contributed by atoms with E-state index in [1.165, 1.54) is 22.5 Å². The van der Waals surface area contributed by atoms with Gasteiger partial charge in [-0.25, -0.2) is 18.2 Å². The van der Waals surface area contributed by atoms with Crippen molar-refractivity contribution in [2.75, 3.05) is 26.3 Å². The number of hydrogen-bond acceptors (Lipinski definition) is 6. The fourth-order valence-corrected chi connectivity index (χ4v) is 4.88. The van der Waals surface area contributed by atoms with E-state index >= 15 is 0 Å². The maximum absolute atomic E-state index is 12.8. The highest BCUT2D eigenvalue weighted by atomic mass is 35.5. The van der Waals surface area contributed by atoms with Crippen molar-refractivity contribution in [3.05, 3.63) is 64.6 Å². The lowest BCUT2D eigenvalue weighted by atomic mass is 10.2. The van der Waals surface area contributed by atoms with Crippen LogP contribution >= 0.6 is 11.6 Å². The largest absolute Gasteiger partial charge is 0.455 e. The van der Waals surface area contributed by atoms with E-state index in [1.807, 2.05) is 29.7 Å².